The lowest BCUT2D eigenvalue weighted by atomic mass is 9.97. The quantitative estimate of drug-likeness (QED) is 0.600. The third kappa shape index (κ3) is 3.74. The second-order valence-electron chi connectivity index (χ2n) is 8.73. The highest BCUT2D eigenvalue weighted by Gasteiger charge is 2.38. The topological polar surface area (TPSA) is 91.6 Å². The SMILES string of the molecule is Cc1cc(F)c(CNC(=O)c2cn3c(c(O)c2=O)C(=O)N2CCc4ccc(F)cc4C3C2)c(F)c1. The maximum absolute atomic E-state index is 14.2. The second kappa shape index (κ2) is 8.30. The fraction of sp³-hybridized carbons (Fsp3) is 0.240. The predicted octanol–water partition coefficient (Wildman–Crippen LogP) is 2.81. The molecule has 7 nitrogen and oxygen atoms in total. The number of aromatic nitrogens is 1. The van der Waals surface area contributed by atoms with Gasteiger partial charge < -0.3 is 19.9 Å². The van der Waals surface area contributed by atoms with Crippen LogP contribution in [0, 0.1) is 24.4 Å². The standard InChI is InChI=1S/C25H20F3N3O4/c1-12-6-18(27)16(19(28)7-12)9-29-24(34)17-10-31-20-11-30(25(35)21(31)23(33)22(17)32)5-4-13-2-3-14(26)8-15(13)20/h2-3,6-8,10,20,33H,4-5,9,11H2,1H3,(H,29,34). The molecule has 2 aromatic carbocycles. The molecule has 2 aliphatic rings. The van der Waals surface area contributed by atoms with E-state index in [4.69, 9.17) is 0 Å². The molecule has 1 unspecified atom stereocenters. The first-order valence-electron chi connectivity index (χ1n) is 10.9. The van der Waals surface area contributed by atoms with Gasteiger partial charge in [0.05, 0.1) is 6.04 Å². The summed E-state index contributed by atoms with van der Waals surface area (Å²) in [7, 11) is 0. The van der Waals surface area contributed by atoms with Gasteiger partial charge in [0.2, 0.25) is 5.43 Å². The van der Waals surface area contributed by atoms with Crippen molar-refractivity contribution in [3.05, 3.63) is 97.7 Å². The fourth-order valence-corrected chi connectivity index (χ4v) is 4.73. The number of rotatable bonds is 3. The molecule has 1 atom stereocenters. The van der Waals surface area contributed by atoms with Crippen molar-refractivity contribution in [2.75, 3.05) is 13.1 Å². The molecule has 3 aromatic rings. The summed E-state index contributed by atoms with van der Waals surface area (Å²) < 4.78 is 43.7. The Hall–Kier alpha value is -4.08. The fourth-order valence-electron chi connectivity index (χ4n) is 4.73. The van der Waals surface area contributed by atoms with E-state index in [1.54, 1.807) is 6.07 Å². The summed E-state index contributed by atoms with van der Waals surface area (Å²) in [6.45, 7) is 1.46. The van der Waals surface area contributed by atoms with E-state index < -0.39 is 58.6 Å². The van der Waals surface area contributed by atoms with Gasteiger partial charge in [-0.1, -0.05) is 6.07 Å². The summed E-state index contributed by atoms with van der Waals surface area (Å²) in [6.07, 6.45) is 1.59. The molecule has 2 amide bonds. The summed E-state index contributed by atoms with van der Waals surface area (Å²) >= 11 is 0. The second-order valence-corrected chi connectivity index (χ2v) is 8.73. The molecule has 0 saturated carbocycles. The Morgan fingerprint density at radius 1 is 1.14 bits per heavy atom. The molecular formula is C25H20F3N3O4. The maximum atomic E-state index is 14.2. The summed E-state index contributed by atoms with van der Waals surface area (Å²) in [4.78, 5) is 40.2. The zero-order chi connectivity index (χ0) is 25.0. The number of carbonyl (C=O) groups is 2. The highest BCUT2D eigenvalue weighted by atomic mass is 19.1. The number of nitrogens with one attached hydrogen (secondary N) is 1. The molecule has 2 aliphatic heterocycles. The van der Waals surface area contributed by atoms with Crippen molar-refractivity contribution in [2.45, 2.75) is 25.9 Å². The van der Waals surface area contributed by atoms with Gasteiger partial charge in [0, 0.05) is 31.4 Å². The van der Waals surface area contributed by atoms with Crippen LogP contribution in [0.3, 0.4) is 0 Å². The minimum absolute atomic E-state index is 0.158. The summed E-state index contributed by atoms with van der Waals surface area (Å²) in [5.74, 6) is -4.67. The Balaban J connectivity index is 1.56. The van der Waals surface area contributed by atoms with Crippen LogP contribution >= 0.6 is 0 Å². The van der Waals surface area contributed by atoms with Gasteiger partial charge in [-0.05, 0) is 54.3 Å². The van der Waals surface area contributed by atoms with Crippen LogP contribution in [0.5, 0.6) is 5.75 Å². The number of pyridine rings is 1. The van der Waals surface area contributed by atoms with Crippen LogP contribution in [-0.2, 0) is 13.0 Å². The van der Waals surface area contributed by atoms with Gasteiger partial charge in [-0.15, -0.1) is 0 Å². The molecule has 0 aliphatic carbocycles. The Morgan fingerprint density at radius 2 is 1.86 bits per heavy atom. The molecule has 5 rings (SSSR count). The van der Waals surface area contributed by atoms with Crippen molar-refractivity contribution in [3.63, 3.8) is 0 Å². The zero-order valence-corrected chi connectivity index (χ0v) is 18.6. The molecule has 0 spiro atoms. The van der Waals surface area contributed by atoms with Gasteiger partial charge in [0.15, 0.2) is 11.4 Å². The molecule has 180 valence electrons. The molecule has 2 bridgehead atoms. The number of nitrogens with zero attached hydrogens (tertiary/aromatic N) is 2. The van der Waals surface area contributed by atoms with Crippen LogP contribution in [-0.4, -0.2) is 39.5 Å². The molecule has 35 heavy (non-hydrogen) atoms. The van der Waals surface area contributed by atoms with Crippen molar-refractivity contribution < 1.29 is 27.9 Å². The van der Waals surface area contributed by atoms with E-state index in [0.29, 0.717) is 24.1 Å². The Kier molecular flexibility index (Phi) is 5.38. The molecule has 0 radical (unpaired) electrons. The normalized spacial score (nSPS) is 16.4. The predicted molar refractivity (Wildman–Crippen MR) is 119 cm³/mol. The van der Waals surface area contributed by atoms with E-state index in [0.717, 1.165) is 23.9 Å². The van der Waals surface area contributed by atoms with Gasteiger partial charge in [-0.3, -0.25) is 14.4 Å². The minimum Gasteiger partial charge on any atom is -0.503 e. The highest BCUT2D eigenvalue weighted by Crippen LogP contribution is 2.35. The molecule has 1 aromatic heterocycles. The number of carbonyl (C=O) groups excluding carboxylic acids is 2. The number of hydrogen-bond donors (Lipinski definition) is 2. The molecule has 2 N–H and O–H groups in total. The smallest absolute Gasteiger partial charge is 0.274 e. The van der Waals surface area contributed by atoms with E-state index in [1.165, 1.54) is 28.5 Å². The van der Waals surface area contributed by atoms with Crippen LogP contribution in [0.15, 0.2) is 41.3 Å². The summed E-state index contributed by atoms with van der Waals surface area (Å²) in [6, 6.07) is 5.85. The minimum atomic E-state index is -1.09. The maximum Gasteiger partial charge on any atom is 0.274 e. The molecular weight excluding hydrogens is 463 g/mol. The van der Waals surface area contributed by atoms with E-state index in [1.807, 2.05) is 0 Å². The van der Waals surface area contributed by atoms with Gasteiger partial charge in [0.1, 0.15) is 23.0 Å². The molecule has 0 fully saturated rings. The zero-order valence-electron chi connectivity index (χ0n) is 18.6. The van der Waals surface area contributed by atoms with Crippen LogP contribution in [0.2, 0.25) is 0 Å². The largest absolute Gasteiger partial charge is 0.503 e. The van der Waals surface area contributed by atoms with E-state index >= 15 is 0 Å². The molecule has 0 saturated heterocycles. The monoisotopic (exact) mass is 483 g/mol. The van der Waals surface area contributed by atoms with Crippen molar-refractivity contribution in [1.82, 2.24) is 14.8 Å². The van der Waals surface area contributed by atoms with Crippen molar-refractivity contribution in [3.8, 4) is 5.75 Å². The van der Waals surface area contributed by atoms with Gasteiger partial charge in [0.25, 0.3) is 11.8 Å². The summed E-state index contributed by atoms with van der Waals surface area (Å²) in [5, 5.41) is 12.9. The third-order valence-electron chi connectivity index (χ3n) is 6.50. The number of fused-ring (bicyclic) bond motifs is 6. The number of aryl methyl sites for hydroxylation is 1. The molecule has 3 heterocycles. The first-order chi connectivity index (χ1) is 16.7. The number of hydrogen-bond acceptors (Lipinski definition) is 4. The highest BCUT2D eigenvalue weighted by molar-refractivity contribution is 5.99. The van der Waals surface area contributed by atoms with Crippen molar-refractivity contribution >= 4 is 11.8 Å². The van der Waals surface area contributed by atoms with Crippen LogP contribution in [0.4, 0.5) is 13.2 Å². The van der Waals surface area contributed by atoms with Crippen LogP contribution < -0.4 is 10.7 Å². The Bertz CT molecular complexity index is 1440. The van der Waals surface area contributed by atoms with E-state index in [2.05, 4.69) is 5.32 Å². The number of halogens is 3. The average molecular weight is 483 g/mol. The van der Waals surface area contributed by atoms with Crippen molar-refractivity contribution in [1.29, 1.82) is 0 Å². The summed E-state index contributed by atoms with van der Waals surface area (Å²) in [5.41, 5.74) is -0.546. The van der Waals surface area contributed by atoms with Crippen LogP contribution in [0.25, 0.3) is 0 Å². The van der Waals surface area contributed by atoms with Gasteiger partial charge in [-0.2, -0.15) is 0 Å². The first kappa shape index (κ1) is 22.7. The Morgan fingerprint density at radius 3 is 2.57 bits per heavy atom. The average Bonchev–Trinajstić information content (AvgIpc) is 2.96. The number of benzene rings is 2. The van der Waals surface area contributed by atoms with E-state index in [-0.39, 0.29) is 17.8 Å². The van der Waals surface area contributed by atoms with Gasteiger partial charge >= 0.3 is 0 Å². The lowest BCUT2D eigenvalue weighted by molar-refractivity contribution is 0.0686. The van der Waals surface area contributed by atoms with Crippen molar-refractivity contribution in [2.24, 2.45) is 0 Å². The van der Waals surface area contributed by atoms with Crippen LogP contribution in [0.1, 0.15) is 49.1 Å². The lowest BCUT2D eigenvalue weighted by Gasteiger charge is -2.35. The van der Waals surface area contributed by atoms with Gasteiger partial charge in [-0.25, -0.2) is 13.2 Å². The number of aromatic hydroxyl groups is 1. The third-order valence-corrected chi connectivity index (χ3v) is 6.50. The Labute approximate surface area is 197 Å². The molecule has 10 heteroatoms. The number of amides is 2. The lowest BCUT2D eigenvalue weighted by Crippen LogP contribution is -2.45. The first-order valence-corrected chi connectivity index (χ1v) is 10.9. The van der Waals surface area contributed by atoms with E-state index in [9.17, 15) is 32.7 Å².